The number of likely N-dealkylation sites (tertiary alicyclic amines) is 1. The van der Waals surface area contributed by atoms with Crippen LogP contribution in [0.15, 0.2) is 6.33 Å². The number of hydrogen-bond acceptors (Lipinski definition) is 6. The maximum atomic E-state index is 12.3. The zero-order valence-electron chi connectivity index (χ0n) is 14.6. The molecule has 2 aromatic heterocycles. The monoisotopic (exact) mass is 330 g/mol. The number of hydrogen-bond donors (Lipinski definition) is 1. The zero-order valence-corrected chi connectivity index (χ0v) is 14.6. The molecule has 9 heteroatoms. The van der Waals surface area contributed by atoms with Crippen molar-refractivity contribution in [2.24, 2.45) is 0 Å². The number of nitrogen functional groups attached to an aromatic ring is 1. The average molecular weight is 330 g/mol. The Labute approximate surface area is 141 Å². The molecule has 1 fully saturated rings. The highest BCUT2D eigenvalue weighted by atomic mass is 16.6. The summed E-state index contributed by atoms with van der Waals surface area (Å²) >= 11 is 0. The molecule has 1 aliphatic heterocycles. The molecule has 0 bridgehead atoms. The minimum absolute atomic E-state index is 0.0526. The van der Waals surface area contributed by atoms with Crippen LogP contribution >= 0.6 is 0 Å². The molecular weight excluding hydrogens is 307 g/mol. The van der Waals surface area contributed by atoms with Crippen molar-refractivity contribution in [1.82, 2.24) is 24.6 Å². The summed E-state index contributed by atoms with van der Waals surface area (Å²) in [6, 6.07) is 0.0526. The molecule has 8 nitrogen and oxygen atoms in total. The smallest absolute Gasteiger partial charge is 0.410 e. The highest BCUT2D eigenvalue weighted by Crippen LogP contribution is 2.26. The third-order valence-electron chi connectivity index (χ3n) is 4.09. The SMILES string of the molecule is Bc1nn(C2CCCN(C(=O)OC(C)(C)C)C2)c2ncnc(N)c12. The van der Waals surface area contributed by atoms with Crippen LogP contribution < -0.4 is 11.3 Å². The zero-order chi connectivity index (χ0) is 17.5. The van der Waals surface area contributed by atoms with Gasteiger partial charge in [0.05, 0.1) is 11.4 Å². The van der Waals surface area contributed by atoms with Crippen LogP contribution in [-0.2, 0) is 4.74 Å². The lowest BCUT2D eigenvalue weighted by atomic mass is 10.0. The number of ether oxygens (including phenoxy) is 1. The first-order valence-corrected chi connectivity index (χ1v) is 8.19. The van der Waals surface area contributed by atoms with Gasteiger partial charge in [-0.3, -0.25) is 0 Å². The second-order valence-electron chi connectivity index (χ2n) is 7.21. The molecule has 1 aliphatic rings. The third kappa shape index (κ3) is 3.15. The predicted molar refractivity (Wildman–Crippen MR) is 94.0 cm³/mol. The summed E-state index contributed by atoms with van der Waals surface area (Å²) in [5, 5.41) is 5.38. The van der Waals surface area contributed by atoms with Gasteiger partial charge in [-0.15, -0.1) is 0 Å². The molecule has 2 N–H and O–H groups in total. The second kappa shape index (κ2) is 5.96. The van der Waals surface area contributed by atoms with Crippen LogP contribution in [0.25, 0.3) is 11.0 Å². The number of amides is 1. The summed E-state index contributed by atoms with van der Waals surface area (Å²) in [5.74, 6) is 0.434. The van der Waals surface area contributed by atoms with E-state index in [2.05, 4.69) is 15.1 Å². The van der Waals surface area contributed by atoms with Gasteiger partial charge in [0.15, 0.2) is 13.5 Å². The highest BCUT2D eigenvalue weighted by Gasteiger charge is 2.30. The van der Waals surface area contributed by atoms with Gasteiger partial charge >= 0.3 is 6.09 Å². The van der Waals surface area contributed by atoms with Gasteiger partial charge in [0.1, 0.15) is 17.7 Å². The van der Waals surface area contributed by atoms with Crippen molar-refractivity contribution in [3.8, 4) is 0 Å². The molecule has 1 saturated heterocycles. The van der Waals surface area contributed by atoms with Gasteiger partial charge in [-0.05, 0) is 33.6 Å². The third-order valence-corrected chi connectivity index (χ3v) is 4.09. The van der Waals surface area contributed by atoms with E-state index >= 15 is 0 Å². The predicted octanol–water partition coefficient (Wildman–Crippen LogP) is 0.239. The molecule has 1 unspecified atom stereocenters. The van der Waals surface area contributed by atoms with Gasteiger partial charge in [0.2, 0.25) is 0 Å². The molecular formula is C15H23BN6O2. The van der Waals surface area contributed by atoms with E-state index in [-0.39, 0.29) is 12.1 Å². The Morgan fingerprint density at radius 3 is 2.88 bits per heavy atom. The fourth-order valence-electron chi connectivity index (χ4n) is 3.07. The first-order valence-electron chi connectivity index (χ1n) is 8.19. The normalized spacial score (nSPS) is 18.8. The van der Waals surface area contributed by atoms with Crippen molar-refractivity contribution in [3.05, 3.63) is 6.33 Å². The molecule has 24 heavy (non-hydrogen) atoms. The number of nitrogens with zero attached hydrogens (tertiary/aromatic N) is 5. The molecule has 1 atom stereocenters. The maximum Gasteiger partial charge on any atom is 0.410 e. The summed E-state index contributed by atoms with van der Waals surface area (Å²) in [4.78, 5) is 22.5. The number of piperidine rings is 1. The average Bonchev–Trinajstić information content (AvgIpc) is 2.84. The van der Waals surface area contributed by atoms with E-state index in [1.165, 1.54) is 6.33 Å². The van der Waals surface area contributed by atoms with E-state index in [0.717, 1.165) is 29.5 Å². The van der Waals surface area contributed by atoms with Crippen molar-refractivity contribution in [3.63, 3.8) is 0 Å². The van der Waals surface area contributed by atoms with Gasteiger partial charge in [0, 0.05) is 18.7 Å². The molecule has 128 valence electrons. The molecule has 0 aliphatic carbocycles. The Hall–Kier alpha value is -2.32. The largest absolute Gasteiger partial charge is 0.444 e. The summed E-state index contributed by atoms with van der Waals surface area (Å²) in [6.45, 7) is 6.86. The number of fused-ring (bicyclic) bond motifs is 1. The fourth-order valence-corrected chi connectivity index (χ4v) is 3.07. The Morgan fingerprint density at radius 1 is 1.42 bits per heavy atom. The summed E-state index contributed by atoms with van der Waals surface area (Å²) in [6.07, 6.45) is 2.99. The molecule has 0 spiro atoms. The standard InChI is InChI=1S/C15H23BN6O2/c1-15(2,3)24-14(23)21-6-4-5-9(7-21)22-13-10(11(16)20-22)12(17)18-8-19-13/h8-9H,4-7,16H2,1-3H3,(H2,17,18,19). The maximum absolute atomic E-state index is 12.3. The minimum Gasteiger partial charge on any atom is -0.444 e. The number of anilines is 1. The molecule has 1 amide bonds. The summed E-state index contributed by atoms with van der Waals surface area (Å²) in [5.41, 5.74) is 6.98. The molecule has 3 heterocycles. The number of aromatic nitrogens is 4. The van der Waals surface area contributed by atoms with E-state index in [9.17, 15) is 4.79 Å². The van der Waals surface area contributed by atoms with Crippen molar-refractivity contribution < 1.29 is 9.53 Å². The number of rotatable bonds is 1. The molecule has 0 radical (unpaired) electrons. The van der Waals surface area contributed by atoms with Crippen LogP contribution in [0.5, 0.6) is 0 Å². The van der Waals surface area contributed by atoms with Crippen LogP contribution in [0.2, 0.25) is 0 Å². The molecule has 0 aromatic carbocycles. The van der Waals surface area contributed by atoms with E-state index in [1.807, 2.05) is 33.3 Å². The highest BCUT2D eigenvalue weighted by molar-refractivity contribution is 6.38. The fraction of sp³-hybridized carbons (Fsp3) is 0.600. The topological polar surface area (TPSA) is 99.2 Å². The number of carbonyl (C=O) groups excluding carboxylic acids is 1. The van der Waals surface area contributed by atoms with Crippen LogP contribution in [0, 0.1) is 0 Å². The van der Waals surface area contributed by atoms with Gasteiger partial charge in [-0.1, -0.05) is 0 Å². The lowest BCUT2D eigenvalue weighted by Crippen LogP contribution is -2.43. The Bertz CT molecular complexity index is 769. The lowest BCUT2D eigenvalue weighted by molar-refractivity contribution is 0.0169. The number of carbonyl (C=O) groups is 1. The van der Waals surface area contributed by atoms with Crippen molar-refractivity contribution in [2.75, 3.05) is 18.8 Å². The lowest BCUT2D eigenvalue weighted by Gasteiger charge is -2.34. The first kappa shape index (κ1) is 16.5. The van der Waals surface area contributed by atoms with E-state index in [0.29, 0.717) is 18.9 Å². The van der Waals surface area contributed by atoms with Crippen LogP contribution in [0.1, 0.15) is 39.7 Å². The van der Waals surface area contributed by atoms with Gasteiger partial charge in [0.25, 0.3) is 0 Å². The van der Waals surface area contributed by atoms with Crippen LogP contribution in [-0.4, -0.2) is 57.3 Å². The quantitative estimate of drug-likeness (QED) is 0.752. The first-order chi connectivity index (χ1) is 11.3. The second-order valence-corrected chi connectivity index (χ2v) is 7.21. The summed E-state index contributed by atoms with van der Waals surface area (Å²) < 4.78 is 7.36. The van der Waals surface area contributed by atoms with E-state index in [1.54, 1.807) is 4.90 Å². The van der Waals surface area contributed by atoms with E-state index < -0.39 is 5.60 Å². The van der Waals surface area contributed by atoms with Crippen LogP contribution in [0.4, 0.5) is 10.6 Å². The van der Waals surface area contributed by atoms with Crippen molar-refractivity contribution >= 4 is 36.4 Å². The Kier molecular flexibility index (Phi) is 4.10. The Morgan fingerprint density at radius 2 is 2.17 bits per heavy atom. The minimum atomic E-state index is -0.499. The van der Waals surface area contributed by atoms with Gasteiger partial charge in [-0.25, -0.2) is 19.4 Å². The van der Waals surface area contributed by atoms with Crippen molar-refractivity contribution in [2.45, 2.75) is 45.3 Å². The van der Waals surface area contributed by atoms with Crippen LogP contribution in [0.3, 0.4) is 0 Å². The summed E-state index contributed by atoms with van der Waals surface area (Å²) in [7, 11) is 1.90. The molecule has 3 rings (SSSR count). The van der Waals surface area contributed by atoms with E-state index in [4.69, 9.17) is 10.5 Å². The van der Waals surface area contributed by atoms with Gasteiger partial charge in [-0.2, -0.15) is 5.10 Å². The molecule has 0 saturated carbocycles. The van der Waals surface area contributed by atoms with Crippen molar-refractivity contribution in [1.29, 1.82) is 0 Å². The van der Waals surface area contributed by atoms with Gasteiger partial charge < -0.3 is 15.4 Å². The molecule has 2 aromatic rings. The number of nitrogens with two attached hydrogens (primary N) is 1. The Balaban J connectivity index is 1.86.